The molecule has 5 heteroatoms. The molecular formula is C13H13N3O2. The second-order valence-corrected chi connectivity index (χ2v) is 4.53. The van der Waals surface area contributed by atoms with E-state index in [2.05, 4.69) is 45.3 Å². The summed E-state index contributed by atoms with van der Waals surface area (Å²) in [4.78, 5) is 13.5. The van der Waals surface area contributed by atoms with Crippen molar-refractivity contribution in [1.29, 1.82) is 0 Å². The average molecular weight is 243 g/mol. The molecule has 1 N–H and O–H groups in total. The lowest BCUT2D eigenvalue weighted by Gasteiger charge is -2.09. The number of H-pyrrole nitrogens is 1. The van der Waals surface area contributed by atoms with Gasteiger partial charge in [-0.15, -0.1) is 0 Å². The Labute approximate surface area is 103 Å². The molecule has 0 aliphatic rings. The van der Waals surface area contributed by atoms with Gasteiger partial charge >= 0.3 is 5.76 Å². The lowest BCUT2D eigenvalue weighted by molar-refractivity contribution is 0.388. The third-order valence-corrected chi connectivity index (χ3v) is 2.99. The summed E-state index contributed by atoms with van der Waals surface area (Å²) in [6, 6.07) is 8.41. The molecule has 92 valence electrons. The molecule has 0 amide bonds. The first kappa shape index (κ1) is 10.8. The van der Waals surface area contributed by atoms with Gasteiger partial charge < -0.3 is 4.57 Å². The standard InChI is InChI=1S/C13H13N3O2/c1-8(2)16-6-5-9-7-10(3-4-11(9)16)12-14-13(17)18-15-12/h3-8H,1-2H3,(H,14,15,17). The molecule has 2 aromatic heterocycles. The molecule has 0 atom stereocenters. The van der Waals surface area contributed by atoms with Gasteiger partial charge in [-0.25, -0.2) is 4.79 Å². The predicted octanol–water partition coefficient (Wildman–Crippen LogP) is 2.57. The number of benzene rings is 1. The molecule has 3 aromatic rings. The fraction of sp³-hybridized carbons (Fsp3) is 0.231. The Morgan fingerprint density at radius 3 is 2.83 bits per heavy atom. The maximum Gasteiger partial charge on any atom is 0.439 e. The second kappa shape index (κ2) is 3.87. The van der Waals surface area contributed by atoms with Crippen LogP contribution < -0.4 is 5.76 Å². The van der Waals surface area contributed by atoms with Gasteiger partial charge in [-0.05, 0) is 38.1 Å². The quantitative estimate of drug-likeness (QED) is 0.752. The summed E-state index contributed by atoms with van der Waals surface area (Å²) in [6.45, 7) is 4.28. The van der Waals surface area contributed by atoms with Gasteiger partial charge in [0.2, 0.25) is 0 Å². The van der Waals surface area contributed by atoms with Gasteiger partial charge in [-0.1, -0.05) is 5.16 Å². The van der Waals surface area contributed by atoms with Gasteiger partial charge in [0.25, 0.3) is 0 Å². The molecule has 0 unspecified atom stereocenters. The van der Waals surface area contributed by atoms with Crippen LogP contribution in [0.3, 0.4) is 0 Å². The van der Waals surface area contributed by atoms with Crippen LogP contribution in [0.5, 0.6) is 0 Å². The van der Waals surface area contributed by atoms with Crippen LogP contribution in [0.15, 0.2) is 39.8 Å². The highest BCUT2D eigenvalue weighted by molar-refractivity contribution is 5.84. The Hall–Kier alpha value is -2.30. The largest absolute Gasteiger partial charge is 0.439 e. The van der Waals surface area contributed by atoms with Gasteiger partial charge in [-0.3, -0.25) is 9.51 Å². The van der Waals surface area contributed by atoms with Gasteiger partial charge in [0.15, 0.2) is 5.82 Å². The van der Waals surface area contributed by atoms with Crippen molar-refractivity contribution < 1.29 is 4.52 Å². The van der Waals surface area contributed by atoms with E-state index >= 15 is 0 Å². The zero-order chi connectivity index (χ0) is 12.7. The Bertz CT molecular complexity index is 749. The number of fused-ring (bicyclic) bond motifs is 1. The van der Waals surface area contributed by atoms with E-state index < -0.39 is 5.76 Å². The second-order valence-electron chi connectivity index (χ2n) is 4.53. The Morgan fingerprint density at radius 1 is 1.33 bits per heavy atom. The third kappa shape index (κ3) is 1.64. The van der Waals surface area contributed by atoms with Crippen molar-refractivity contribution in [1.82, 2.24) is 14.7 Å². The van der Waals surface area contributed by atoms with E-state index in [1.54, 1.807) is 0 Å². The molecule has 2 heterocycles. The van der Waals surface area contributed by atoms with Gasteiger partial charge in [0.05, 0.1) is 0 Å². The number of rotatable bonds is 2. The fourth-order valence-corrected chi connectivity index (χ4v) is 2.12. The zero-order valence-electron chi connectivity index (χ0n) is 10.2. The van der Waals surface area contributed by atoms with E-state index in [1.165, 1.54) is 5.52 Å². The Kier molecular flexibility index (Phi) is 2.33. The van der Waals surface area contributed by atoms with E-state index in [1.807, 2.05) is 18.2 Å². The molecule has 0 aliphatic heterocycles. The number of hydrogen-bond acceptors (Lipinski definition) is 3. The normalized spacial score (nSPS) is 11.5. The van der Waals surface area contributed by atoms with Crippen LogP contribution in [0.1, 0.15) is 19.9 Å². The molecule has 0 saturated carbocycles. The zero-order valence-corrected chi connectivity index (χ0v) is 10.2. The van der Waals surface area contributed by atoms with Crippen LogP contribution in [0.25, 0.3) is 22.3 Å². The first-order valence-electron chi connectivity index (χ1n) is 5.82. The number of aromatic nitrogens is 3. The summed E-state index contributed by atoms with van der Waals surface area (Å²) in [5.74, 6) is -0.0796. The highest BCUT2D eigenvalue weighted by atomic mass is 16.5. The molecule has 0 fully saturated rings. The van der Waals surface area contributed by atoms with Gasteiger partial charge in [0, 0.05) is 28.7 Å². The summed E-state index contributed by atoms with van der Waals surface area (Å²) in [7, 11) is 0. The highest BCUT2D eigenvalue weighted by Gasteiger charge is 2.08. The van der Waals surface area contributed by atoms with E-state index in [-0.39, 0.29) is 0 Å². The summed E-state index contributed by atoms with van der Waals surface area (Å²) < 4.78 is 6.71. The van der Waals surface area contributed by atoms with E-state index in [4.69, 9.17) is 0 Å². The minimum Gasteiger partial charge on any atom is -0.345 e. The molecule has 0 saturated heterocycles. The lowest BCUT2D eigenvalue weighted by atomic mass is 10.1. The van der Waals surface area contributed by atoms with Crippen LogP contribution in [0.2, 0.25) is 0 Å². The molecule has 1 aromatic carbocycles. The van der Waals surface area contributed by atoms with Crippen LogP contribution >= 0.6 is 0 Å². The predicted molar refractivity (Wildman–Crippen MR) is 68.4 cm³/mol. The van der Waals surface area contributed by atoms with E-state index in [0.29, 0.717) is 11.9 Å². The number of nitrogens with zero attached hydrogens (tertiary/aromatic N) is 2. The number of aromatic amines is 1. The number of nitrogens with one attached hydrogen (secondary N) is 1. The molecular weight excluding hydrogens is 230 g/mol. The summed E-state index contributed by atoms with van der Waals surface area (Å²) in [5, 5.41) is 4.80. The smallest absolute Gasteiger partial charge is 0.345 e. The van der Waals surface area contributed by atoms with E-state index in [0.717, 1.165) is 10.9 Å². The van der Waals surface area contributed by atoms with Crippen LogP contribution in [-0.4, -0.2) is 14.7 Å². The molecule has 0 aliphatic carbocycles. The van der Waals surface area contributed by atoms with Gasteiger partial charge in [-0.2, -0.15) is 0 Å². The van der Waals surface area contributed by atoms with Crippen LogP contribution in [-0.2, 0) is 0 Å². The summed E-state index contributed by atoms with van der Waals surface area (Å²) >= 11 is 0. The monoisotopic (exact) mass is 243 g/mol. The van der Waals surface area contributed by atoms with Crippen LogP contribution in [0.4, 0.5) is 0 Å². The van der Waals surface area contributed by atoms with Crippen molar-refractivity contribution >= 4 is 10.9 Å². The molecule has 0 spiro atoms. The minimum absolute atomic E-state index is 0.417. The van der Waals surface area contributed by atoms with Crippen molar-refractivity contribution in [2.24, 2.45) is 0 Å². The molecule has 18 heavy (non-hydrogen) atoms. The Balaban J connectivity index is 2.15. The van der Waals surface area contributed by atoms with Gasteiger partial charge in [0.1, 0.15) is 0 Å². The summed E-state index contributed by atoms with van der Waals surface area (Å²) in [5.41, 5.74) is 2.01. The maximum atomic E-state index is 10.9. The topological polar surface area (TPSA) is 63.8 Å². The van der Waals surface area contributed by atoms with Crippen molar-refractivity contribution in [2.45, 2.75) is 19.9 Å². The number of hydrogen-bond donors (Lipinski definition) is 1. The summed E-state index contributed by atoms with van der Waals surface area (Å²) in [6.07, 6.45) is 2.06. The Morgan fingerprint density at radius 2 is 2.17 bits per heavy atom. The van der Waals surface area contributed by atoms with E-state index in [9.17, 15) is 4.79 Å². The van der Waals surface area contributed by atoms with Crippen molar-refractivity contribution in [2.75, 3.05) is 0 Å². The molecule has 3 rings (SSSR count). The third-order valence-electron chi connectivity index (χ3n) is 2.99. The van der Waals surface area contributed by atoms with Crippen molar-refractivity contribution in [3.63, 3.8) is 0 Å². The highest BCUT2D eigenvalue weighted by Crippen LogP contribution is 2.24. The van der Waals surface area contributed by atoms with Crippen LogP contribution in [0, 0.1) is 0 Å². The SMILES string of the molecule is CC(C)n1ccc2cc(-c3noc(=O)[nH]3)ccc21. The first-order valence-corrected chi connectivity index (χ1v) is 5.82. The average Bonchev–Trinajstić information content (AvgIpc) is 2.93. The van der Waals surface area contributed by atoms with Crippen molar-refractivity contribution in [3.8, 4) is 11.4 Å². The fourth-order valence-electron chi connectivity index (χ4n) is 2.12. The molecule has 5 nitrogen and oxygen atoms in total. The molecule has 0 radical (unpaired) electrons. The first-order chi connectivity index (χ1) is 8.65. The molecule has 0 bridgehead atoms. The minimum atomic E-state index is -0.537. The lowest BCUT2D eigenvalue weighted by Crippen LogP contribution is -1.97. The van der Waals surface area contributed by atoms with Crippen molar-refractivity contribution in [3.05, 3.63) is 41.0 Å². The maximum absolute atomic E-state index is 10.9.